The molecule has 2 aromatic rings. The van der Waals surface area contributed by atoms with Crippen molar-refractivity contribution in [2.45, 2.75) is 13.8 Å². The molecule has 4 nitrogen and oxygen atoms in total. The maximum absolute atomic E-state index is 12.2. The third kappa shape index (κ3) is 4.81. The van der Waals surface area contributed by atoms with Gasteiger partial charge in [0.2, 0.25) is 0 Å². The summed E-state index contributed by atoms with van der Waals surface area (Å²) in [5, 5.41) is 10.3. The molecule has 0 amide bonds. The second-order valence-electron chi connectivity index (χ2n) is 5.25. The van der Waals surface area contributed by atoms with Gasteiger partial charge in [0, 0.05) is 5.56 Å². The number of ether oxygens (including phenoxy) is 1. The van der Waals surface area contributed by atoms with E-state index in [-0.39, 0.29) is 5.78 Å². The van der Waals surface area contributed by atoms with Crippen LogP contribution < -0.4 is 9.84 Å². The third-order valence-corrected chi connectivity index (χ3v) is 3.31. The number of allylic oxidation sites excluding steroid dienone is 1. The van der Waals surface area contributed by atoms with Crippen LogP contribution in [-0.4, -0.2) is 18.4 Å². The molecule has 0 bridgehead atoms. The van der Waals surface area contributed by atoms with Crippen molar-refractivity contribution in [2.24, 2.45) is 0 Å². The molecule has 0 saturated carbocycles. The average Bonchev–Trinajstić information content (AvgIpc) is 2.51. The lowest BCUT2D eigenvalue weighted by atomic mass is 10.0. The van der Waals surface area contributed by atoms with Crippen molar-refractivity contribution in [1.29, 1.82) is 0 Å². The van der Waals surface area contributed by atoms with Gasteiger partial charge in [-0.3, -0.25) is 4.79 Å². The highest BCUT2D eigenvalue weighted by Crippen LogP contribution is 2.15. The first kappa shape index (κ1) is 16.5. The van der Waals surface area contributed by atoms with E-state index in [0.29, 0.717) is 11.3 Å². The minimum absolute atomic E-state index is 0.0558. The molecule has 0 aliphatic heterocycles. The Balaban J connectivity index is 2.04. The van der Waals surface area contributed by atoms with Gasteiger partial charge in [-0.2, -0.15) is 0 Å². The van der Waals surface area contributed by atoms with Gasteiger partial charge in [-0.1, -0.05) is 42.0 Å². The summed E-state index contributed by atoms with van der Waals surface area (Å²) < 4.78 is 4.99. The number of carbonyl (C=O) groups is 2. The number of carbonyl (C=O) groups excluding carboxylic acids is 2. The predicted octanol–water partition coefficient (Wildman–Crippen LogP) is 2.33. The summed E-state index contributed by atoms with van der Waals surface area (Å²) in [4.78, 5) is 22.5. The van der Waals surface area contributed by atoms with E-state index in [0.717, 1.165) is 16.7 Å². The predicted molar refractivity (Wildman–Crippen MR) is 86.2 cm³/mol. The Kier molecular flexibility index (Phi) is 5.31. The zero-order valence-corrected chi connectivity index (χ0v) is 13.0. The van der Waals surface area contributed by atoms with Gasteiger partial charge in [0.15, 0.2) is 5.78 Å². The molecule has 0 aliphatic carbocycles. The number of hydrogen-bond acceptors (Lipinski definition) is 4. The van der Waals surface area contributed by atoms with Crippen molar-refractivity contribution in [3.05, 3.63) is 70.8 Å². The first-order valence-electron chi connectivity index (χ1n) is 7.18. The summed E-state index contributed by atoms with van der Waals surface area (Å²) in [5.74, 6) is -0.889. The monoisotopic (exact) mass is 309 g/mol. The number of benzene rings is 2. The van der Waals surface area contributed by atoms with Crippen LogP contribution in [0.1, 0.15) is 27.0 Å². The average molecular weight is 309 g/mol. The quantitative estimate of drug-likeness (QED) is 0.607. The molecule has 0 heterocycles. The zero-order chi connectivity index (χ0) is 16.8. The fourth-order valence-electron chi connectivity index (χ4n) is 2.17. The Labute approximate surface area is 135 Å². The van der Waals surface area contributed by atoms with Gasteiger partial charge in [0.05, 0.1) is 5.97 Å². The molecular weight excluding hydrogens is 292 g/mol. The maximum atomic E-state index is 12.2. The fraction of sp³-hybridized carbons (Fsp3) is 0.158. The molecule has 0 aliphatic rings. The van der Waals surface area contributed by atoms with E-state index in [9.17, 15) is 14.7 Å². The topological polar surface area (TPSA) is 66.4 Å². The molecule has 0 fully saturated rings. The van der Waals surface area contributed by atoms with E-state index in [4.69, 9.17) is 4.74 Å². The molecule has 0 N–H and O–H groups in total. The highest BCUT2D eigenvalue weighted by molar-refractivity contribution is 6.07. The Bertz CT molecular complexity index is 742. The molecule has 0 saturated heterocycles. The van der Waals surface area contributed by atoms with Crippen molar-refractivity contribution >= 4 is 17.8 Å². The third-order valence-electron chi connectivity index (χ3n) is 3.31. The molecule has 0 spiro atoms. The van der Waals surface area contributed by atoms with Gasteiger partial charge < -0.3 is 14.6 Å². The van der Waals surface area contributed by atoms with Gasteiger partial charge >= 0.3 is 0 Å². The van der Waals surface area contributed by atoms with E-state index in [2.05, 4.69) is 0 Å². The summed E-state index contributed by atoms with van der Waals surface area (Å²) in [5.41, 5.74) is 3.57. The van der Waals surface area contributed by atoms with Crippen LogP contribution in [0.5, 0.6) is 5.75 Å². The van der Waals surface area contributed by atoms with Crippen molar-refractivity contribution < 1.29 is 19.4 Å². The summed E-state index contributed by atoms with van der Waals surface area (Å²) in [6.45, 7) is 3.42. The van der Waals surface area contributed by atoms with Crippen LogP contribution in [0.4, 0.5) is 0 Å². The number of hydrogen-bond donors (Lipinski definition) is 0. The van der Waals surface area contributed by atoms with E-state index >= 15 is 0 Å². The Morgan fingerprint density at radius 2 is 1.78 bits per heavy atom. The van der Waals surface area contributed by atoms with E-state index in [1.807, 2.05) is 32.0 Å². The molecule has 2 aromatic carbocycles. The fourth-order valence-corrected chi connectivity index (χ4v) is 2.17. The molecule has 0 aromatic heterocycles. The van der Waals surface area contributed by atoms with Crippen molar-refractivity contribution in [3.8, 4) is 5.75 Å². The molecule has 0 atom stereocenters. The number of carboxylic acids is 1. The number of ketones is 1. The Hall–Kier alpha value is -2.88. The second kappa shape index (κ2) is 7.40. The van der Waals surface area contributed by atoms with Crippen molar-refractivity contribution in [2.75, 3.05) is 6.61 Å². The molecule has 2 rings (SSSR count). The van der Waals surface area contributed by atoms with E-state index in [1.54, 1.807) is 30.3 Å². The zero-order valence-electron chi connectivity index (χ0n) is 13.0. The number of aryl methyl sites for hydroxylation is 2. The molecule has 0 radical (unpaired) electrons. The Morgan fingerprint density at radius 3 is 2.39 bits per heavy atom. The van der Waals surface area contributed by atoms with Gasteiger partial charge in [0.25, 0.3) is 0 Å². The number of carboxylic acid groups (broad SMARTS) is 1. The minimum atomic E-state index is -1.27. The first-order chi connectivity index (χ1) is 11.0. The van der Waals surface area contributed by atoms with Crippen LogP contribution in [0.3, 0.4) is 0 Å². The molecular formula is C19H17O4-. The van der Waals surface area contributed by atoms with Crippen LogP contribution in [-0.2, 0) is 4.79 Å². The van der Waals surface area contributed by atoms with Crippen molar-refractivity contribution in [1.82, 2.24) is 0 Å². The normalized spacial score (nSPS) is 10.7. The molecule has 4 heteroatoms. The molecule has 0 unspecified atom stereocenters. The smallest absolute Gasteiger partial charge is 0.186 e. The van der Waals surface area contributed by atoms with Gasteiger partial charge in [-0.15, -0.1) is 0 Å². The van der Waals surface area contributed by atoms with E-state index < -0.39 is 12.6 Å². The van der Waals surface area contributed by atoms with Gasteiger partial charge in [-0.25, -0.2) is 0 Å². The minimum Gasteiger partial charge on any atom is -0.546 e. The van der Waals surface area contributed by atoms with Crippen molar-refractivity contribution in [3.63, 3.8) is 0 Å². The largest absolute Gasteiger partial charge is 0.546 e. The van der Waals surface area contributed by atoms with Gasteiger partial charge in [0.1, 0.15) is 12.4 Å². The van der Waals surface area contributed by atoms with Crippen LogP contribution in [0.2, 0.25) is 0 Å². The van der Waals surface area contributed by atoms with Crippen LogP contribution in [0.15, 0.2) is 48.5 Å². The lowest BCUT2D eigenvalue weighted by molar-refractivity contribution is -0.307. The first-order valence-corrected chi connectivity index (χ1v) is 7.18. The Morgan fingerprint density at radius 1 is 1.09 bits per heavy atom. The van der Waals surface area contributed by atoms with Crippen LogP contribution >= 0.6 is 0 Å². The lowest BCUT2D eigenvalue weighted by Crippen LogP contribution is -2.28. The summed E-state index contributed by atoms with van der Waals surface area (Å²) in [7, 11) is 0. The highest BCUT2D eigenvalue weighted by atomic mass is 16.5. The van der Waals surface area contributed by atoms with Gasteiger partial charge in [-0.05, 0) is 43.2 Å². The number of rotatable bonds is 6. The number of aliphatic carboxylic acids is 1. The summed E-state index contributed by atoms with van der Waals surface area (Å²) in [6, 6.07) is 12.5. The molecule has 23 heavy (non-hydrogen) atoms. The standard InChI is InChI=1S/C19H18O4/c1-13-3-9-17(14(2)11-13)18(20)10-6-15-4-7-16(8-5-15)23-12-19(21)22/h3-11H,12H2,1-2H3,(H,21,22)/p-1/b10-6+. The van der Waals surface area contributed by atoms with E-state index in [1.165, 1.54) is 6.08 Å². The summed E-state index contributed by atoms with van der Waals surface area (Å²) >= 11 is 0. The van der Waals surface area contributed by atoms with Crippen LogP contribution in [0, 0.1) is 13.8 Å². The lowest BCUT2D eigenvalue weighted by Gasteiger charge is -2.06. The second-order valence-corrected chi connectivity index (χ2v) is 5.25. The highest BCUT2D eigenvalue weighted by Gasteiger charge is 2.05. The summed E-state index contributed by atoms with van der Waals surface area (Å²) in [6.07, 6.45) is 3.23. The van der Waals surface area contributed by atoms with Crippen LogP contribution in [0.25, 0.3) is 6.08 Å². The molecule has 118 valence electrons. The maximum Gasteiger partial charge on any atom is 0.186 e. The SMILES string of the molecule is Cc1ccc(C(=O)/C=C/c2ccc(OCC(=O)[O-])cc2)c(C)c1.